The van der Waals surface area contributed by atoms with Crippen molar-refractivity contribution in [1.82, 2.24) is 0 Å². The van der Waals surface area contributed by atoms with Crippen LogP contribution in [0, 0.1) is 13.8 Å². The molecule has 0 radical (unpaired) electrons. The van der Waals surface area contributed by atoms with Gasteiger partial charge in [-0.2, -0.15) is 0 Å². The average Bonchev–Trinajstić information content (AvgIpc) is 2.78. The number of hydrogen-bond donors (Lipinski definition) is 2. The summed E-state index contributed by atoms with van der Waals surface area (Å²) in [6.45, 7) is 6.80. The minimum Gasteiger partial charge on any atom is -0.481 e. The topological polar surface area (TPSA) is 79.5 Å². The Labute approximate surface area is 129 Å². The molecule has 5 heteroatoms. The average molecular weight is 301 g/mol. The van der Waals surface area contributed by atoms with Crippen LogP contribution in [0.3, 0.4) is 0 Å². The number of carboxylic acids is 1. The van der Waals surface area contributed by atoms with Crippen molar-refractivity contribution in [3.05, 3.63) is 53.0 Å². The lowest BCUT2D eigenvalue weighted by atomic mass is 9.85. The van der Waals surface area contributed by atoms with Gasteiger partial charge in [0.25, 0.3) is 5.91 Å². The van der Waals surface area contributed by atoms with Crippen molar-refractivity contribution in [2.45, 2.75) is 33.1 Å². The lowest BCUT2D eigenvalue weighted by Gasteiger charge is -2.19. The minimum absolute atomic E-state index is 0.250. The Hall–Kier alpha value is -2.56. The summed E-state index contributed by atoms with van der Waals surface area (Å²) < 4.78 is 5.34. The first-order chi connectivity index (χ1) is 10.2. The largest absolute Gasteiger partial charge is 0.481 e. The second-order valence-corrected chi connectivity index (χ2v) is 5.79. The lowest BCUT2D eigenvalue weighted by molar-refractivity contribution is -0.142. The maximum absolute atomic E-state index is 12.2. The minimum atomic E-state index is -0.971. The standard InChI is InChI=1S/C17H19NO4/c1-10-9-14(11(2)22-10)15(19)18-13-7-5-12(6-8-13)17(3,4)16(20)21/h5-9H,1-4H3,(H,18,19)(H,20,21). The summed E-state index contributed by atoms with van der Waals surface area (Å²) in [7, 11) is 0. The van der Waals surface area contributed by atoms with Gasteiger partial charge in [0.05, 0.1) is 11.0 Å². The fourth-order valence-corrected chi connectivity index (χ4v) is 2.15. The molecule has 5 nitrogen and oxygen atoms in total. The van der Waals surface area contributed by atoms with Crippen molar-refractivity contribution in [2.24, 2.45) is 0 Å². The second kappa shape index (κ2) is 5.67. The van der Waals surface area contributed by atoms with E-state index in [2.05, 4.69) is 5.32 Å². The van der Waals surface area contributed by atoms with Crippen LogP contribution >= 0.6 is 0 Å². The van der Waals surface area contributed by atoms with E-state index >= 15 is 0 Å². The van der Waals surface area contributed by atoms with Crippen LogP contribution < -0.4 is 5.32 Å². The molecule has 0 fully saturated rings. The molecule has 0 aliphatic heterocycles. The zero-order valence-corrected chi connectivity index (χ0v) is 13.1. The first-order valence-electron chi connectivity index (χ1n) is 6.94. The van der Waals surface area contributed by atoms with Crippen LogP contribution in [-0.2, 0) is 10.2 Å². The molecule has 0 aliphatic rings. The molecular weight excluding hydrogens is 282 g/mol. The Balaban J connectivity index is 2.17. The number of rotatable bonds is 4. The Morgan fingerprint density at radius 1 is 1.14 bits per heavy atom. The smallest absolute Gasteiger partial charge is 0.313 e. The molecule has 2 rings (SSSR count). The quantitative estimate of drug-likeness (QED) is 0.905. The molecule has 0 aliphatic carbocycles. The number of aliphatic carboxylic acids is 1. The van der Waals surface area contributed by atoms with Crippen molar-refractivity contribution in [2.75, 3.05) is 5.32 Å². The van der Waals surface area contributed by atoms with Crippen LogP contribution in [0.1, 0.15) is 41.3 Å². The zero-order chi connectivity index (χ0) is 16.5. The van der Waals surface area contributed by atoms with Crippen LogP contribution in [0.2, 0.25) is 0 Å². The van der Waals surface area contributed by atoms with Gasteiger partial charge in [-0.15, -0.1) is 0 Å². The molecule has 2 N–H and O–H groups in total. The molecule has 0 bridgehead atoms. The van der Waals surface area contributed by atoms with Crippen LogP contribution in [-0.4, -0.2) is 17.0 Å². The number of amides is 1. The first kappa shape index (κ1) is 15.8. The first-order valence-corrected chi connectivity index (χ1v) is 6.94. The van der Waals surface area contributed by atoms with Gasteiger partial charge in [0.1, 0.15) is 11.5 Å². The number of carbonyl (C=O) groups excluding carboxylic acids is 1. The van der Waals surface area contributed by atoms with Crippen molar-refractivity contribution >= 4 is 17.6 Å². The highest BCUT2D eigenvalue weighted by Crippen LogP contribution is 2.25. The molecule has 0 saturated heterocycles. The SMILES string of the molecule is Cc1cc(C(=O)Nc2ccc(C(C)(C)C(=O)O)cc2)c(C)o1. The molecule has 0 unspecified atom stereocenters. The van der Waals surface area contributed by atoms with Gasteiger partial charge in [-0.05, 0) is 51.5 Å². The molecule has 22 heavy (non-hydrogen) atoms. The van der Waals surface area contributed by atoms with Crippen molar-refractivity contribution in [3.8, 4) is 0 Å². The van der Waals surface area contributed by atoms with Crippen molar-refractivity contribution in [3.63, 3.8) is 0 Å². The number of hydrogen-bond acceptors (Lipinski definition) is 3. The van der Waals surface area contributed by atoms with E-state index in [1.165, 1.54) is 0 Å². The monoisotopic (exact) mass is 301 g/mol. The van der Waals surface area contributed by atoms with Gasteiger partial charge in [-0.1, -0.05) is 12.1 Å². The van der Waals surface area contributed by atoms with E-state index < -0.39 is 11.4 Å². The number of benzene rings is 1. The number of nitrogens with one attached hydrogen (secondary N) is 1. The van der Waals surface area contributed by atoms with Gasteiger partial charge in [-0.3, -0.25) is 9.59 Å². The van der Waals surface area contributed by atoms with E-state index in [9.17, 15) is 14.7 Å². The highest BCUT2D eigenvalue weighted by Gasteiger charge is 2.29. The van der Waals surface area contributed by atoms with E-state index in [1.807, 2.05) is 0 Å². The summed E-state index contributed by atoms with van der Waals surface area (Å²) in [6.07, 6.45) is 0. The van der Waals surface area contributed by atoms with Gasteiger partial charge < -0.3 is 14.8 Å². The molecule has 1 aromatic heterocycles. The highest BCUT2D eigenvalue weighted by atomic mass is 16.4. The summed E-state index contributed by atoms with van der Waals surface area (Å²) in [5.41, 5.74) is 0.801. The highest BCUT2D eigenvalue weighted by molar-refractivity contribution is 6.05. The number of anilines is 1. The van der Waals surface area contributed by atoms with Gasteiger partial charge in [0, 0.05) is 5.69 Å². The molecule has 116 valence electrons. The second-order valence-electron chi connectivity index (χ2n) is 5.79. The summed E-state index contributed by atoms with van der Waals surface area (Å²) in [5, 5.41) is 12.0. The van der Waals surface area contributed by atoms with Crippen molar-refractivity contribution in [1.29, 1.82) is 0 Å². The molecule has 0 atom stereocenters. The zero-order valence-electron chi connectivity index (χ0n) is 13.1. The normalized spacial score (nSPS) is 11.3. The summed E-state index contributed by atoms with van der Waals surface area (Å²) in [6, 6.07) is 8.49. The fraction of sp³-hybridized carbons (Fsp3) is 0.294. The number of furan rings is 1. The molecule has 0 spiro atoms. The lowest BCUT2D eigenvalue weighted by Crippen LogP contribution is -2.28. The van der Waals surface area contributed by atoms with E-state index in [-0.39, 0.29) is 5.91 Å². The van der Waals surface area contributed by atoms with Gasteiger partial charge in [-0.25, -0.2) is 0 Å². The molecule has 1 heterocycles. The summed E-state index contributed by atoms with van der Waals surface area (Å²) in [5.74, 6) is 0.105. The predicted molar refractivity (Wildman–Crippen MR) is 83.2 cm³/mol. The number of aryl methyl sites for hydroxylation is 2. The Morgan fingerprint density at radius 3 is 2.18 bits per heavy atom. The summed E-state index contributed by atoms with van der Waals surface area (Å²) in [4.78, 5) is 23.4. The Bertz CT molecular complexity index is 711. The third kappa shape index (κ3) is 3.03. The molecule has 1 amide bonds. The third-order valence-electron chi connectivity index (χ3n) is 3.68. The summed E-state index contributed by atoms with van der Waals surface area (Å²) >= 11 is 0. The molecule has 0 saturated carbocycles. The van der Waals surface area contributed by atoms with E-state index in [1.54, 1.807) is 58.0 Å². The fourth-order valence-electron chi connectivity index (χ4n) is 2.15. The molecular formula is C17H19NO4. The number of carboxylic acid groups (broad SMARTS) is 1. The van der Waals surface area contributed by atoms with Gasteiger partial charge >= 0.3 is 5.97 Å². The van der Waals surface area contributed by atoms with Gasteiger partial charge in [0.2, 0.25) is 0 Å². The third-order valence-corrected chi connectivity index (χ3v) is 3.68. The van der Waals surface area contributed by atoms with Crippen LogP contribution in [0.15, 0.2) is 34.7 Å². The van der Waals surface area contributed by atoms with E-state index in [4.69, 9.17) is 4.42 Å². The Morgan fingerprint density at radius 2 is 1.73 bits per heavy atom. The maximum atomic E-state index is 12.2. The van der Waals surface area contributed by atoms with Crippen LogP contribution in [0.4, 0.5) is 5.69 Å². The Kier molecular flexibility index (Phi) is 4.08. The number of carbonyl (C=O) groups is 2. The predicted octanol–water partition coefficient (Wildman–Crippen LogP) is 3.51. The van der Waals surface area contributed by atoms with Crippen LogP contribution in [0.25, 0.3) is 0 Å². The molecule has 1 aromatic carbocycles. The van der Waals surface area contributed by atoms with E-state index in [0.29, 0.717) is 28.3 Å². The van der Waals surface area contributed by atoms with E-state index in [0.717, 1.165) is 0 Å². The van der Waals surface area contributed by atoms with Crippen molar-refractivity contribution < 1.29 is 19.1 Å². The maximum Gasteiger partial charge on any atom is 0.313 e. The van der Waals surface area contributed by atoms with Crippen LogP contribution in [0.5, 0.6) is 0 Å². The molecule has 2 aromatic rings. The van der Waals surface area contributed by atoms with Gasteiger partial charge in [0.15, 0.2) is 0 Å².